The van der Waals surface area contributed by atoms with Crippen molar-refractivity contribution in [2.45, 2.75) is 18.6 Å². The highest BCUT2D eigenvalue weighted by Crippen LogP contribution is 2.19. The molecule has 1 aliphatic heterocycles. The van der Waals surface area contributed by atoms with Crippen molar-refractivity contribution in [2.24, 2.45) is 5.92 Å². The molecule has 0 spiro atoms. The molecule has 0 radical (unpaired) electrons. The van der Waals surface area contributed by atoms with E-state index in [-0.39, 0.29) is 0 Å². The van der Waals surface area contributed by atoms with E-state index in [0.29, 0.717) is 0 Å². The molecule has 2 heterocycles. The van der Waals surface area contributed by atoms with Gasteiger partial charge in [-0.15, -0.1) is 0 Å². The molecule has 1 aliphatic rings. The Hall–Kier alpha value is -0.540. The van der Waals surface area contributed by atoms with E-state index in [4.69, 9.17) is 0 Å². The molecule has 1 N–H and O–H groups in total. The van der Waals surface area contributed by atoms with E-state index >= 15 is 0 Å². The van der Waals surface area contributed by atoms with Gasteiger partial charge in [0.15, 0.2) is 0 Å². The maximum atomic E-state index is 4.12. The molecule has 0 unspecified atom stereocenters. The van der Waals surface area contributed by atoms with Gasteiger partial charge in [-0.2, -0.15) is 11.8 Å². The van der Waals surface area contributed by atoms with Crippen LogP contribution in [0.3, 0.4) is 0 Å². The van der Waals surface area contributed by atoms with Crippen LogP contribution in [-0.4, -0.2) is 23.8 Å². The molecule has 1 atom stereocenters. The van der Waals surface area contributed by atoms with Gasteiger partial charge < -0.3 is 5.32 Å². The van der Waals surface area contributed by atoms with Crippen molar-refractivity contribution in [1.82, 2.24) is 10.3 Å². The minimum Gasteiger partial charge on any atom is -0.316 e. The summed E-state index contributed by atoms with van der Waals surface area (Å²) in [6.07, 6.45) is 6.54. The molecule has 0 aromatic carbocycles. The topological polar surface area (TPSA) is 24.9 Å². The Bertz CT molecular complexity index is 270. The van der Waals surface area contributed by atoms with Crippen molar-refractivity contribution in [3.05, 3.63) is 30.1 Å². The monoisotopic (exact) mass is 222 g/mol. The molecule has 1 fully saturated rings. The first-order chi connectivity index (χ1) is 7.45. The van der Waals surface area contributed by atoms with Gasteiger partial charge in [0.05, 0.1) is 0 Å². The molecule has 1 saturated heterocycles. The lowest BCUT2D eigenvalue weighted by Gasteiger charge is -2.22. The third kappa shape index (κ3) is 3.84. The number of nitrogens with one attached hydrogen (secondary N) is 1. The van der Waals surface area contributed by atoms with E-state index in [1.54, 1.807) is 0 Å². The van der Waals surface area contributed by atoms with Gasteiger partial charge in [-0.05, 0) is 49.2 Å². The zero-order chi connectivity index (χ0) is 10.3. The maximum Gasteiger partial charge on any atom is 0.0308 e. The Morgan fingerprint density at radius 3 is 3.27 bits per heavy atom. The van der Waals surface area contributed by atoms with E-state index < -0.39 is 0 Å². The zero-order valence-electron chi connectivity index (χ0n) is 8.98. The van der Waals surface area contributed by atoms with Crippen molar-refractivity contribution in [1.29, 1.82) is 0 Å². The number of piperidine rings is 1. The second-order valence-electron chi connectivity index (χ2n) is 4.09. The fraction of sp³-hybridized carbons (Fsp3) is 0.583. The zero-order valence-corrected chi connectivity index (χ0v) is 9.80. The number of hydrogen-bond donors (Lipinski definition) is 1. The quantitative estimate of drug-likeness (QED) is 0.846. The summed E-state index contributed by atoms with van der Waals surface area (Å²) < 4.78 is 0. The van der Waals surface area contributed by atoms with Gasteiger partial charge in [0.25, 0.3) is 0 Å². The molecule has 1 aromatic heterocycles. The Morgan fingerprint density at radius 2 is 2.53 bits per heavy atom. The van der Waals surface area contributed by atoms with Crippen LogP contribution >= 0.6 is 11.8 Å². The van der Waals surface area contributed by atoms with Crippen LogP contribution in [-0.2, 0) is 5.75 Å². The number of thioether (sulfide) groups is 1. The summed E-state index contributed by atoms with van der Waals surface area (Å²) in [5.41, 5.74) is 1.34. The highest BCUT2D eigenvalue weighted by Gasteiger charge is 2.12. The van der Waals surface area contributed by atoms with Crippen LogP contribution in [0, 0.1) is 5.92 Å². The summed E-state index contributed by atoms with van der Waals surface area (Å²) in [6.45, 7) is 2.42. The first kappa shape index (κ1) is 11.0. The van der Waals surface area contributed by atoms with Crippen LogP contribution in [0.5, 0.6) is 0 Å². The smallest absolute Gasteiger partial charge is 0.0308 e. The Balaban J connectivity index is 1.66. The molecule has 2 rings (SSSR count). The average Bonchev–Trinajstić information content (AvgIpc) is 2.32. The van der Waals surface area contributed by atoms with Gasteiger partial charge in [-0.3, -0.25) is 4.98 Å². The van der Waals surface area contributed by atoms with Gasteiger partial charge in [0.1, 0.15) is 0 Å². The minimum absolute atomic E-state index is 0.875. The summed E-state index contributed by atoms with van der Waals surface area (Å²) in [4.78, 5) is 4.12. The number of pyridine rings is 1. The van der Waals surface area contributed by atoms with Crippen LogP contribution in [0.25, 0.3) is 0 Å². The number of aromatic nitrogens is 1. The summed E-state index contributed by atoms with van der Waals surface area (Å²) in [5.74, 6) is 3.26. The predicted molar refractivity (Wildman–Crippen MR) is 66.0 cm³/mol. The normalized spacial score (nSPS) is 21.5. The Kier molecular flexibility index (Phi) is 4.48. The first-order valence-electron chi connectivity index (χ1n) is 5.62. The fourth-order valence-corrected chi connectivity index (χ4v) is 3.04. The first-order valence-corrected chi connectivity index (χ1v) is 6.78. The second kappa shape index (κ2) is 6.13. The molecular weight excluding hydrogens is 204 g/mol. The molecule has 2 nitrogen and oxygen atoms in total. The minimum atomic E-state index is 0.875. The molecule has 0 aliphatic carbocycles. The van der Waals surface area contributed by atoms with Crippen molar-refractivity contribution < 1.29 is 0 Å². The Morgan fingerprint density at radius 1 is 1.53 bits per heavy atom. The summed E-state index contributed by atoms with van der Waals surface area (Å²) in [5, 5.41) is 3.46. The predicted octanol–water partition coefficient (Wildman–Crippen LogP) is 2.31. The third-order valence-corrected chi connectivity index (χ3v) is 3.99. The highest BCUT2D eigenvalue weighted by atomic mass is 32.2. The summed E-state index contributed by atoms with van der Waals surface area (Å²) in [7, 11) is 0. The van der Waals surface area contributed by atoms with E-state index in [9.17, 15) is 0 Å². The van der Waals surface area contributed by atoms with Crippen LogP contribution in [0.4, 0.5) is 0 Å². The highest BCUT2D eigenvalue weighted by molar-refractivity contribution is 7.98. The van der Waals surface area contributed by atoms with Crippen molar-refractivity contribution >= 4 is 11.8 Å². The lowest BCUT2D eigenvalue weighted by molar-refractivity contribution is 0.410. The van der Waals surface area contributed by atoms with Gasteiger partial charge >= 0.3 is 0 Å². The van der Waals surface area contributed by atoms with Crippen LogP contribution in [0.2, 0.25) is 0 Å². The SMILES string of the molecule is c1cncc(CSC[C@@H]2CCCNC2)c1. The Labute approximate surface area is 95.9 Å². The average molecular weight is 222 g/mol. The second-order valence-corrected chi connectivity index (χ2v) is 5.12. The largest absolute Gasteiger partial charge is 0.316 e. The van der Waals surface area contributed by atoms with E-state index in [0.717, 1.165) is 11.7 Å². The van der Waals surface area contributed by atoms with E-state index in [2.05, 4.69) is 16.4 Å². The van der Waals surface area contributed by atoms with Gasteiger partial charge in [0.2, 0.25) is 0 Å². The molecule has 0 amide bonds. The molecule has 82 valence electrons. The van der Waals surface area contributed by atoms with Crippen molar-refractivity contribution in [3.63, 3.8) is 0 Å². The van der Waals surface area contributed by atoms with Crippen LogP contribution in [0.15, 0.2) is 24.5 Å². The number of hydrogen-bond acceptors (Lipinski definition) is 3. The third-order valence-electron chi connectivity index (χ3n) is 2.74. The van der Waals surface area contributed by atoms with Crippen LogP contribution in [0.1, 0.15) is 18.4 Å². The summed E-state index contributed by atoms with van der Waals surface area (Å²) in [6, 6.07) is 4.16. The number of rotatable bonds is 4. The molecule has 1 aromatic rings. The van der Waals surface area contributed by atoms with Gasteiger partial charge in [-0.25, -0.2) is 0 Å². The molecule has 0 saturated carbocycles. The lowest BCUT2D eigenvalue weighted by atomic mass is 10.0. The van der Waals surface area contributed by atoms with Gasteiger partial charge in [-0.1, -0.05) is 6.07 Å². The lowest BCUT2D eigenvalue weighted by Crippen LogP contribution is -2.30. The van der Waals surface area contributed by atoms with Gasteiger partial charge in [0, 0.05) is 18.1 Å². The molecule has 3 heteroatoms. The fourth-order valence-electron chi connectivity index (χ4n) is 1.89. The van der Waals surface area contributed by atoms with E-state index in [1.807, 2.05) is 30.2 Å². The molecule has 15 heavy (non-hydrogen) atoms. The maximum absolute atomic E-state index is 4.12. The molecular formula is C12H18N2S. The van der Waals surface area contributed by atoms with Crippen molar-refractivity contribution in [3.8, 4) is 0 Å². The van der Waals surface area contributed by atoms with Crippen LogP contribution < -0.4 is 5.32 Å². The number of nitrogens with zero attached hydrogens (tertiary/aromatic N) is 1. The van der Waals surface area contributed by atoms with Crippen molar-refractivity contribution in [2.75, 3.05) is 18.8 Å². The standard InChI is InChI=1S/C12H18N2S/c1-3-11(7-13-5-1)9-15-10-12-4-2-6-14-8-12/h1,3,5,7,12,14H,2,4,6,8-10H2/t12-/m1/s1. The summed E-state index contributed by atoms with van der Waals surface area (Å²) >= 11 is 2.03. The molecule has 0 bridgehead atoms. The van der Waals surface area contributed by atoms with E-state index in [1.165, 1.54) is 37.2 Å².